The number of methoxy groups -OCH3 is 1. The molecule has 4 rings (SSSR count). The van der Waals surface area contributed by atoms with Crippen molar-refractivity contribution in [1.82, 2.24) is 4.90 Å². The van der Waals surface area contributed by atoms with Crippen LogP contribution in [-0.2, 0) is 9.63 Å². The van der Waals surface area contributed by atoms with Crippen LogP contribution in [-0.4, -0.2) is 40.6 Å². The summed E-state index contributed by atoms with van der Waals surface area (Å²) in [5, 5.41) is 1.86. The SMILES string of the molecule is COc1ccc(N2O[C@@H](C)[C@H](C(=O)N3CCSC3=S)[C@H]2c2ccccc2)cc1. The van der Waals surface area contributed by atoms with E-state index >= 15 is 0 Å². The zero-order valence-corrected chi connectivity index (χ0v) is 17.4. The first-order valence-corrected chi connectivity index (χ1v) is 10.6. The molecule has 3 atom stereocenters. The molecule has 2 aromatic carbocycles. The van der Waals surface area contributed by atoms with E-state index in [-0.39, 0.29) is 24.0 Å². The summed E-state index contributed by atoms with van der Waals surface area (Å²) < 4.78 is 5.93. The number of hydroxylamine groups is 1. The molecule has 2 fully saturated rings. The van der Waals surface area contributed by atoms with Crippen LogP contribution in [0.1, 0.15) is 18.5 Å². The lowest BCUT2D eigenvalue weighted by atomic mass is 9.88. The fourth-order valence-corrected chi connectivity index (χ4v) is 4.98. The van der Waals surface area contributed by atoms with Crippen LogP contribution in [0.4, 0.5) is 5.69 Å². The first-order valence-electron chi connectivity index (χ1n) is 9.23. The summed E-state index contributed by atoms with van der Waals surface area (Å²) in [6, 6.07) is 17.5. The van der Waals surface area contributed by atoms with Gasteiger partial charge >= 0.3 is 0 Å². The zero-order valence-electron chi connectivity index (χ0n) is 15.8. The van der Waals surface area contributed by atoms with Crippen molar-refractivity contribution in [3.8, 4) is 5.75 Å². The summed E-state index contributed by atoms with van der Waals surface area (Å²) in [6.45, 7) is 2.61. The molecule has 2 aromatic rings. The summed E-state index contributed by atoms with van der Waals surface area (Å²) in [4.78, 5) is 21.4. The standard InChI is InChI=1S/C21H22N2O3S2/c1-14-18(20(24)22-12-13-28-21(22)27)19(15-6-4-3-5-7-15)23(26-14)16-8-10-17(25-2)11-9-16/h3-11,14,18-19H,12-13H2,1-2H3/t14-,18-,19+/m0/s1. The molecule has 28 heavy (non-hydrogen) atoms. The first-order chi connectivity index (χ1) is 13.6. The average molecular weight is 415 g/mol. The van der Waals surface area contributed by atoms with E-state index in [1.165, 1.54) is 0 Å². The number of nitrogens with zero attached hydrogens (tertiary/aromatic N) is 2. The van der Waals surface area contributed by atoms with Crippen molar-refractivity contribution in [2.24, 2.45) is 5.92 Å². The Morgan fingerprint density at radius 2 is 1.89 bits per heavy atom. The molecule has 0 radical (unpaired) electrons. The number of hydrogen-bond acceptors (Lipinski definition) is 6. The summed E-state index contributed by atoms with van der Waals surface area (Å²) in [5.74, 6) is 1.32. The van der Waals surface area contributed by atoms with E-state index in [0.717, 1.165) is 22.8 Å². The van der Waals surface area contributed by atoms with E-state index in [2.05, 4.69) is 0 Å². The Morgan fingerprint density at radius 3 is 2.50 bits per heavy atom. The van der Waals surface area contributed by atoms with Gasteiger partial charge in [0.1, 0.15) is 10.1 Å². The number of thioether (sulfide) groups is 1. The minimum atomic E-state index is -0.346. The Hall–Kier alpha value is -2.09. The number of amides is 1. The smallest absolute Gasteiger partial charge is 0.236 e. The maximum absolute atomic E-state index is 13.4. The molecule has 5 nitrogen and oxygen atoms in total. The third-order valence-corrected chi connectivity index (χ3v) is 6.59. The van der Waals surface area contributed by atoms with Gasteiger partial charge in [-0.05, 0) is 36.8 Å². The van der Waals surface area contributed by atoms with E-state index in [9.17, 15) is 4.79 Å². The Balaban J connectivity index is 1.72. The van der Waals surface area contributed by atoms with E-state index < -0.39 is 0 Å². The summed E-state index contributed by atoms with van der Waals surface area (Å²) >= 11 is 6.96. The lowest BCUT2D eigenvalue weighted by Crippen LogP contribution is -2.41. The van der Waals surface area contributed by atoms with Gasteiger partial charge in [0.05, 0.1) is 30.9 Å². The lowest BCUT2D eigenvalue weighted by Gasteiger charge is -2.29. The largest absolute Gasteiger partial charge is 0.497 e. The molecule has 0 aromatic heterocycles. The zero-order chi connectivity index (χ0) is 19.7. The fourth-order valence-electron chi connectivity index (χ4n) is 3.77. The van der Waals surface area contributed by atoms with Crippen molar-refractivity contribution in [2.75, 3.05) is 24.5 Å². The third-order valence-electron chi connectivity index (χ3n) is 5.16. The maximum Gasteiger partial charge on any atom is 0.236 e. The number of thiocarbonyl (C=S) groups is 1. The quantitative estimate of drug-likeness (QED) is 0.703. The van der Waals surface area contributed by atoms with Gasteiger partial charge in [0.15, 0.2) is 0 Å². The maximum atomic E-state index is 13.4. The van der Waals surface area contributed by atoms with Crippen molar-refractivity contribution >= 4 is 39.9 Å². The van der Waals surface area contributed by atoms with Gasteiger partial charge in [-0.2, -0.15) is 0 Å². The van der Waals surface area contributed by atoms with Crippen molar-refractivity contribution in [1.29, 1.82) is 0 Å². The molecule has 0 unspecified atom stereocenters. The average Bonchev–Trinajstić information content (AvgIpc) is 3.31. The second-order valence-corrected chi connectivity index (χ2v) is 8.55. The highest BCUT2D eigenvalue weighted by atomic mass is 32.2. The van der Waals surface area contributed by atoms with Gasteiger partial charge in [0.2, 0.25) is 5.91 Å². The van der Waals surface area contributed by atoms with Crippen LogP contribution in [0.15, 0.2) is 54.6 Å². The number of carbonyl (C=O) groups is 1. The first kappa shape index (κ1) is 19.2. The molecule has 7 heteroatoms. The molecule has 0 saturated carbocycles. The lowest BCUT2D eigenvalue weighted by molar-refractivity contribution is -0.132. The van der Waals surface area contributed by atoms with Crippen LogP contribution in [0.25, 0.3) is 0 Å². The predicted octanol–water partition coefficient (Wildman–Crippen LogP) is 4.05. The summed E-state index contributed by atoms with van der Waals surface area (Å²) in [7, 11) is 1.64. The van der Waals surface area contributed by atoms with Gasteiger partial charge in [-0.15, -0.1) is 0 Å². The monoisotopic (exact) mass is 414 g/mol. The number of anilines is 1. The third kappa shape index (κ3) is 3.50. The van der Waals surface area contributed by atoms with E-state index in [0.29, 0.717) is 10.9 Å². The van der Waals surface area contributed by atoms with E-state index in [4.69, 9.17) is 21.8 Å². The molecule has 2 saturated heterocycles. The number of benzene rings is 2. The number of hydrogen-bond donors (Lipinski definition) is 0. The highest BCUT2D eigenvalue weighted by Gasteiger charge is 2.48. The number of rotatable bonds is 4. The Morgan fingerprint density at radius 1 is 1.18 bits per heavy atom. The highest BCUT2D eigenvalue weighted by molar-refractivity contribution is 8.23. The van der Waals surface area contributed by atoms with Crippen molar-refractivity contribution < 1.29 is 14.4 Å². The second kappa shape index (κ2) is 8.11. The van der Waals surface area contributed by atoms with Gasteiger partial charge in [0.25, 0.3) is 0 Å². The van der Waals surface area contributed by atoms with E-state index in [1.54, 1.807) is 23.8 Å². The summed E-state index contributed by atoms with van der Waals surface area (Å²) in [6.07, 6.45) is -0.270. The Bertz CT molecular complexity index is 860. The molecule has 2 aliphatic rings. The molecule has 146 valence electrons. The van der Waals surface area contributed by atoms with E-state index in [1.807, 2.05) is 66.6 Å². The van der Waals surface area contributed by atoms with Gasteiger partial charge in [-0.1, -0.05) is 54.3 Å². The van der Waals surface area contributed by atoms with Crippen molar-refractivity contribution in [3.05, 3.63) is 60.2 Å². The van der Waals surface area contributed by atoms with Crippen LogP contribution in [0.3, 0.4) is 0 Å². The van der Waals surface area contributed by atoms with Crippen LogP contribution in [0.5, 0.6) is 5.75 Å². The van der Waals surface area contributed by atoms with Crippen molar-refractivity contribution in [3.63, 3.8) is 0 Å². The molecule has 2 heterocycles. The Labute approximate surface area is 174 Å². The Kier molecular flexibility index (Phi) is 5.57. The van der Waals surface area contributed by atoms with Gasteiger partial charge in [-0.25, -0.2) is 5.06 Å². The van der Waals surface area contributed by atoms with Crippen LogP contribution < -0.4 is 9.80 Å². The molecule has 1 amide bonds. The molecule has 0 bridgehead atoms. The van der Waals surface area contributed by atoms with Gasteiger partial charge in [-0.3, -0.25) is 14.5 Å². The topological polar surface area (TPSA) is 42.0 Å². The summed E-state index contributed by atoms with van der Waals surface area (Å²) in [5.41, 5.74) is 1.92. The minimum absolute atomic E-state index is 0.0346. The normalized spacial score (nSPS) is 24.6. The number of ether oxygens (including phenoxy) is 1. The molecular formula is C21H22N2O3S2. The van der Waals surface area contributed by atoms with Gasteiger partial charge in [0, 0.05) is 12.3 Å². The van der Waals surface area contributed by atoms with Crippen LogP contribution >= 0.6 is 24.0 Å². The van der Waals surface area contributed by atoms with Crippen LogP contribution in [0.2, 0.25) is 0 Å². The number of carbonyl (C=O) groups excluding carboxylic acids is 1. The van der Waals surface area contributed by atoms with Gasteiger partial charge < -0.3 is 4.74 Å². The minimum Gasteiger partial charge on any atom is -0.497 e. The predicted molar refractivity (Wildman–Crippen MR) is 115 cm³/mol. The molecule has 2 aliphatic heterocycles. The highest BCUT2D eigenvalue weighted by Crippen LogP contribution is 2.44. The molecule has 0 N–H and O–H groups in total. The molecular weight excluding hydrogens is 392 g/mol. The van der Waals surface area contributed by atoms with Crippen LogP contribution in [0, 0.1) is 5.92 Å². The fraction of sp³-hybridized carbons (Fsp3) is 0.333. The van der Waals surface area contributed by atoms with Crippen molar-refractivity contribution in [2.45, 2.75) is 19.1 Å². The second-order valence-electron chi connectivity index (χ2n) is 6.82. The molecule has 0 aliphatic carbocycles. The molecule has 0 spiro atoms.